The van der Waals surface area contributed by atoms with Crippen LogP contribution < -0.4 is 5.32 Å². The number of aromatic nitrogens is 2. The molecule has 5 rings (SSSR count). The number of anilines is 1. The lowest BCUT2D eigenvalue weighted by Crippen LogP contribution is -2.12. The van der Waals surface area contributed by atoms with Gasteiger partial charge in [0, 0.05) is 10.4 Å². The number of para-hydroxylation sites is 1. The van der Waals surface area contributed by atoms with Gasteiger partial charge in [0.05, 0.1) is 31.9 Å². The number of fused-ring (bicyclic) bond motifs is 2. The molecule has 7 heteroatoms. The van der Waals surface area contributed by atoms with Gasteiger partial charge in [-0.25, -0.2) is 9.97 Å². The number of halogens is 1. The molecule has 136 valence electrons. The molecule has 0 aliphatic rings. The molecule has 0 saturated carbocycles. The molecule has 0 unspecified atom stereocenters. The molecule has 0 fully saturated rings. The third-order valence-corrected chi connectivity index (χ3v) is 6.37. The van der Waals surface area contributed by atoms with Crippen molar-refractivity contribution in [1.82, 2.24) is 9.97 Å². The standard InChI is InChI=1S/C21H12ClN3OS2/c22-12-7-8-16-19(10-12)28-21(24-16)25-20(26)14-11-17(18-6-3-9-27-18)23-15-5-2-1-4-13(14)15/h1-11H,(H,24,25,26). The third kappa shape index (κ3) is 3.16. The second-order valence-corrected chi connectivity index (χ2v) is 8.55. The molecule has 5 aromatic rings. The van der Waals surface area contributed by atoms with Crippen molar-refractivity contribution in [3.8, 4) is 10.6 Å². The van der Waals surface area contributed by atoms with Crippen molar-refractivity contribution < 1.29 is 4.79 Å². The van der Waals surface area contributed by atoms with Crippen molar-refractivity contribution in [2.45, 2.75) is 0 Å². The highest BCUT2D eigenvalue weighted by atomic mass is 35.5. The van der Waals surface area contributed by atoms with Gasteiger partial charge in [0.1, 0.15) is 0 Å². The van der Waals surface area contributed by atoms with Crippen molar-refractivity contribution in [2.75, 3.05) is 5.32 Å². The van der Waals surface area contributed by atoms with E-state index >= 15 is 0 Å². The van der Waals surface area contributed by atoms with Crippen LogP contribution in [0.4, 0.5) is 5.13 Å². The van der Waals surface area contributed by atoms with Crippen molar-refractivity contribution in [1.29, 1.82) is 0 Å². The first kappa shape index (κ1) is 17.3. The Kier molecular flexibility index (Phi) is 4.31. The van der Waals surface area contributed by atoms with E-state index in [1.165, 1.54) is 11.3 Å². The van der Waals surface area contributed by atoms with Gasteiger partial charge in [0.25, 0.3) is 5.91 Å². The van der Waals surface area contributed by atoms with E-state index in [2.05, 4.69) is 10.3 Å². The molecule has 0 aliphatic heterocycles. The lowest BCUT2D eigenvalue weighted by atomic mass is 10.1. The molecule has 28 heavy (non-hydrogen) atoms. The zero-order chi connectivity index (χ0) is 19.1. The van der Waals surface area contributed by atoms with Crippen LogP contribution in [0.3, 0.4) is 0 Å². The zero-order valence-electron chi connectivity index (χ0n) is 14.3. The van der Waals surface area contributed by atoms with Gasteiger partial charge in [-0.15, -0.1) is 11.3 Å². The summed E-state index contributed by atoms with van der Waals surface area (Å²) in [5.41, 5.74) is 2.96. The minimum Gasteiger partial charge on any atom is -0.298 e. The number of amides is 1. The summed E-state index contributed by atoms with van der Waals surface area (Å²) in [5.74, 6) is -0.207. The van der Waals surface area contributed by atoms with Crippen molar-refractivity contribution >= 4 is 66.4 Å². The van der Waals surface area contributed by atoms with Gasteiger partial charge in [-0.3, -0.25) is 10.1 Å². The molecule has 4 nitrogen and oxygen atoms in total. The fraction of sp³-hybridized carbons (Fsp3) is 0. The van der Waals surface area contributed by atoms with Crippen LogP contribution in [-0.4, -0.2) is 15.9 Å². The van der Waals surface area contributed by atoms with E-state index in [9.17, 15) is 4.79 Å². The minimum atomic E-state index is -0.207. The Morgan fingerprint density at radius 1 is 0.964 bits per heavy atom. The van der Waals surface area contributed by atoms with Crippen LogP contribution in [0.2, 0.25) is 5.02 Å². The quantitative estimate of drug-likeness (QED) is 0.362. The number of benzene rings is 2. The molecular weight excluding hydrogens is 410 g/mol. The Hall–Kier alpha value is -2.80. The minimum absolute atomic E-state index is 0.207. The van der Waals surface area contributed by atoms with Crippen LogP contribution in [0.1, 0.15) is 10.4 Å². The van der Waals surface area contributed by atoms with E-state index in [0.717, 1.165) is 31.7 Å². The first-order valence-corrected chi connectivity index (χ1v) is 10.6. The highest BCUT2D eigenvalue weighted by molar-refractivity contribution is 7.22. The molecule has 0 bridgehead atoms. The predicted octanol–water partition coefficient (Wildman–Crippen LogP) is 6.48. The Morgan fingerprint density at radius 3 is 2.71 bits per heavy atom. The van der Waals surface area contributed by atoms with Crippen molar-refractivity contribution in [3.63, 3.8) is 0 Å². The molecule has 0 aliphatic carbocycles. The number of rotatable bonds is 3. The predicted molar refractivity (Wildman–Crippen MR) is 118 cm³/mol. The average Bonchev–Trinajstić information content (AvgIpc) is 3.36. The average molecular weight is 422 g/mol. The van der Waals surface area contributed by atoms with Gasteiger partial charge < -0.3 is 0 Å². The number of thiazole rings is 1. The number of hydrogen-bond donors (Lipinski definition) is 1. The summed E-state index contributed by atoms with van der Waals surface area (Å²) < 4.78 is 0.932. The molecule has 1 N–H and O–H groups in total. The van der Waals surface area contributed by atoms with Gasteiger partial charge in [-0.2, -0.15) is 0 Å². The number of thiophene rings is 1. The van der Waals surface area contributed by atoms with E-state index in [1.54, 1.807) is 17.4 Å². The van der Waals surface area contributed by atoms with Crippen molar-refractivity contribution in [3.05, 3.63) is 76.6 Å². The van der Waals surface area contributed by atoms with Gasteiger partial charge in [-0.05, 0) is 41.8 Å². The maximum atomic E-state index is 13.1. The Balaban J connectivity index is 1.57. The summed E-state index contributed by atoms with van der Waals surface area (Å²) in [7, 11) is 0. The largest absolute Gasteiger partial charge is 0.298 e. The first-order chi connectivity index (χ1) is 13.7. The summed E-state index contributed by atoms with van der Waals surface area (Å²) >= 11 is 9.04. The molecule has 0 radical (unpaired) electrons. The number of carbonyl (C=O) groups excluding carboxylic acids is 1. The summed E-state index contributed by atoms with van der Waals surface area (Å²) in [4.78, 5) is 23.3. The van der Waals surface area contributed by atoms with Crippen LogP contribution in [0.25, 0.3) is 31.7 Å². The fourth-order valence-electron chi connectivity index (χ4n) is 3.03. The normalized spacial score (nSPS) is 11.2. The van der Waals surface area contributed by atoms with Gasteiger partial charge in [-0.1, -0.05) is 47.2 Å². The second kappa shape index (κ2) is 6.98. The smallest absolute Gasteiger partial charge is 0.258 e. The van der Waals surface area contributed by atoms with Crippen LogP contribution in [0.5, 0.6) is 0 Å². The first-order valence-electron chi connectivity index (χ1n) is 8.48. The van der Waals surface area contributed by atoms with Gasteiger partial charge >= 0.3 is 0 Å². The summed E-state index contributed by atoms with van der Waals surface area (Å²) in [6.07, 6.45) is 0. The zero-order valence-corrected chi connectivity index (χ0v) is 16.7. The Morgan fingerprint density at radius 2 is 1.86 bits per heavy atom. The summed E-state index contributed by atoms with van der Waals surface area (Å²) in [6.45, 7) is 0. The lowest BCUT2D eigenvalue weighted by molar-refractivity contribution is 0.102. The Bertz CT molecular complexity index is 1330. The lowest BCUT2D eigenvalue weighted by Gasteiger charge is -2.08. The monoisotopic (exact) mass is 421 g/mol. The maximum absolute atomic E-state index is 13.1. The van der Waals surface area contributed by atoms with Crippen LogP contribution in [0, 0.1) is 0 Å². The molecule has 0 spiro atoms. The van der Waals surface area contributed by atoms with Gasteiger partial charge in [0.15, 0.2) is 5.13 Å². The number of nitrogens with one attached hydrogen (secondary N) is 1. The fourth-order valence-corrected chi connectivity index (χ4v) is 4.85. The van der Waals surface area contributed by atoms with Crippen molar-refractivity contribution in [2.24, 2.45) is 0 Å². The molecule has 3 aromatic heterocycles. The molecule has 3 heterocycles. The van der Waals surface area contributed by atoms with E-state index in [-0.39, 0.29) is 5.91 Å². The maximum Gasteiger partial charge on any atom is 0.258 e. The molecule has 1 amide bonds. The molecule has 2 aromatic carbocycles. The molecule has 0 atom stereocenters. The highest BCUT2D eigenvalue weighted by Gasteiger charge is 2.16. The Labute approximate surface area is 173 Å². The number of pyridine rings is 1. The number of carbonyl (C=O) groups is 1. The summed E-state index contributed by atoms with van der Waals surface area (Å²) in [6, 6.07) is 19.0. The third-order valence-electron chi connectivity index (χ3n) is 4.31. The SMILES string of the molecule is O=C(Nc1nc2ccc(Cl)cc2s1)c1cc(-c2cccs2)nc2ccccc12. The van der Waals surface area contributed by atoms with Gasteiger partial charge in [0.2, 0.25) is 0 Å². The number of hydrogen-bond acceptors (Lipinski definition) is 5. The molecule has 0 saturated heterocycles. The van der Waals surface area contributed by atoms with E-state index in [1.807, 2.05) is 60.0 Å². The topological polar surface area (TPSA) is 54.9 Å². The second-order valence-electron chi connectivity index (χ2n) is 6.13. The summed E-state index contributed by atoms with van der Waals surface area (Å²) in [5, 5.41) is 6.93. The van der Waals surface area contributed by atoms with E-state index in [4.69, 9.17) is 16.6 Å². The van der Waals surface area contributed by atoms with Crippen LogP contribution in [0.15, 0.2) is 66.0 Å². The van der Waals surface area contributed by atoms with Crippen LogP contribution >= 0.6 is 34.3 Å². The highest BCUT2D eigenvalue weighted by Crippen LogP contribution is 2.31. The van der Waals surface area contributed by atoms with E-state index in [0.29, 0.717) is 15.7 Å². The number of nitrogens with zero attached hydrogens (tertiary/aromatic N) is 2. The van der Waals surface area contributed by atoms with E-state index < -0.39 is 0 Å². The molecular formula is C21H12ClN3OS2. The van der Waals surface area contributed by atoms with Crippen LogP contribution in [-0.2, 0) is 0 Å².